The first-order chi connectivity index (χ1) is 11.4. The number of nitrogens with zero attached hydrogens (tertiary/aromatic N) is 1. The van der Waals surface area contributed by atoms with Gasteiger partial charge in [-0.2, -0.15) is 0 Å². The largest absolute Gasteiger partial charge is 0.226 e. The molecule has 3 aromatic rings. The Morgan fingerprint density at radius 3 is 2.25 bits per heavy atom. The number of thiazole rings is 1. The summed E-state index contributed by atoms with van der Waals surface area (Å²) < 4.78 is 26.1. The Morgan fingerprint density at radius 1 is 1.00 bits per heavy atom. The first-order valence-electron chi connectivity index (χ1n) is 6.78. The van der Waals surface area contributed by atoms with Crippen molar-refractivity contribution in [3.8, 4) is 0 Å². The Balaban J connectivity index is 1.93. The number of aromatic nitrogens is 1. The van der Waals surface area contributed by atoms with E-state index >= 15 is 0 Å². The molecular weight excluding hydrogens is 405 g/mol. The number of sulfone groups is 1. The number of hydrogen-bond acceptors (Lipinski definition) is 5. The van der Waals surface area contributed by atoms with Crippen LogP contribution in [0.1, 0.15) is 5.56 Å². The van der Waals surface area contributed by atoms with Gasteiger partial charge < -0.3 is 0 Å². The zero-order chi connectivity index (χ0) is 17.3. The number of hydrogen-bond donors (Lipinski definition) is 0. The summed E-state index contributed by atoms with van der Waals surface area (Å²) in [5, 5.41) is 0.536. The van der Waals surface area contributed by atoms with E-state index in [4.69, 9.17) is 23.2 Å². The third-order valence-corrected chi connectivity index (χ3v) is 7.66. The molecular formula is C16H11Cl2NO2S3. The number of aryl methyl sites for hydroxylation is 1. The minimum absolute atomic E-state index is 0.102. The van der Waals surface area contributed by atoms with Crippen LogP contribution in [0, 0.1) is 6.92 Å². The molecule has 0 atom stereocenters. The van der Waals surface area contributed by atoms with Crippen molar-refractivity contribution < 1.29 is 8.42 Å². The Morgan fingerprint density at radius 2 is 1.62 bits per heavy atom. The van der Waals surface area contributed by atoms with Crippen molar-refractivity contribution in [1.29, 1.82) is 0 Å². The van der Waals surface area contributed by atoms with Crippen molar-refractivity contribution in [1.82, 2.24) is 4.98 Å². The normalized spacial score (nSPS) is 11.6. The maximum atomic E-state index is 12.7. The van der Waals surface area contributed by atoms with Crippen LogP contribution in [0.15, 0.2) is 67.7 Å². The highest BCUT2D eigenvalue weighted by atomic mass is 35.5. The van der Waals surface area contributed by atoms with Gasteiger partial charge in [0.25, 0.3) is 0 Å². The highest BCUT2D eigenvalue weighted by molar-refractivity contribution is 8.01. The summed E-state index contributed by atoms with van der Waals surface area (Å²) in [6, 6.07) is 13.8. The van der Waals surface area contributed by atoms with Crippen LogP contribution in [-0.2, 0) is 9.84 Å². The lowest BCUT2D eigenvalue weighted by Crippen LogP contribution is -2.03. The second-order valence-corrected chi connectivity index (χ2v) is 10.2. The average molecular weight is 416 g/mol. The molecule has 0 amide bonds. The maximum Gasteiger partial charge on any atom is 0.226 e. The van der Waals surface area contributed by atoms with Gasteiger partial charge in [-0.15, -0.1) is 0 Å². The number of halogens is 2. The lowest BCUT2D eigenvalue weighted by atomic mass is 10.2. The molecule has 8 heteroatoms. The summed E-state index contributed by atoms with van der Waals surface area (Å²) >= 11 is 14.5. The fourth-order valence-electron chi connectivity index (χ4n) is 1.91. The molecule has 2 aromatic carbocycles. The van der Waals surface area contributed by atoms with E-state index in [1.807, 2.05) is 19.1 Å². The van der Waals surface area contributed by atoms with Crippen LogP contribution in [0.3, 0.4) is 0 Å². The van der Waals surface area contributed by atoms with Gasteiger partial charge in [-0.25, -0.2) is 13.4 Å². The zero-order valence-electron chi connectivity index (χ0n) is 12.4. The SMILES string of the molecule is Cc1ccc(S(=O)(=O)c2nc(Sc3ccc(Cl)cc3)sc2Cl)cc1. The second kappa shape index (κ2) is 7.06. The van der Waals surface area contributed by atoms with Gasteiger partial charge in [-0.3, -0.25) is 0 Å². The molecule has 0 aliphatic heterocycles. The molecule has 0 aliphatic carbocycles. The molecule has 0 bridgehead atoms. The Hall–Kier alpha value is -1.05. The van der Waals surface area contributed by atoms with E-state index in [0.29, 0.717) is 9.36 Å². The Kier molecular flexibility index (Phi) is 5.22. The third kappa shape index (κ3) is 3.78. The molecule has 1 heterocycles. The van der Waals surface area contributed by atoms with Crippen molar-refractivity contribution in [2.75, 3.05) is 0 Å². The van der Waals surface area contributed by atoms with Gasteiger partial charge in [0.1, 0.15) is 4.34 Å². The summed E-state index contributed by atoms with van der Waals surface area (Å²) in [7, 11) is -3.73. The van der Waals surface area contributed by atoms with Crippen LogP contribution in [0.5, 0.6) is 0 Å². The number of rotatable bonds is 4. The average Bonchev–Trinajstić information content (AvgIpc) is 2.91. The number of benzene rings is 2. The molecule has 24 heavy (non-hydrogen) atoms. The lowest BCUT2D eigenvalue weighted by Gasteiger charge is -2.02. The smallest absolute Gasteiger partial charge is 0.217 e. The van der Waals surface area contributed by atoms with E-state index in [9.17, 15) is 8.42 Å². The van der Waals surface area contributed by atoms with Crippen LogP contribution < -0.4 is 0 Å². The standard InChI is InChI=1S/C16H11Cl2NO2S3/c1-10-2-8-13(9-3-10)24(20,21)15-14(18)23-16(19-15)22-12-6-4-11(17)5-7-12/h2-9H,1H3. The fourth-order valence-corrected chi connectivity index (χ4v) is 6.19. The van der Waals surface area contributed by atoms with E-state index in [-0.39, 0.29) is 14.3 Å². The molecule has 0 radical (unpaired) electrons. The first kappa shape index (κ1) is 17.8. The molecule has 0 fully saturated rings. The predicted molar refractivity (Wildman–Crippen MR) is 99.3 cm³/mol. The fraction of sp³-hybridized carbons (Fsp3) is 0.0625. The van der Waals surface area contributed by atoms with Crippen LogP contribution >= 0.6 is 46.3 Å². The molecule has 0 N–H and O–H groups in total. The maximum absolute atomic E-state index is 12.7. The van der Waals surface area contributed by atoms with Gasteiger partial charge in [-0.1, -0.05) is 64.0 Å². The Labute approximate surface area is 158 Å². The summed E-state index contributed by atoms with van der Waals surface area (Å²) in [5.74, 6) is 0. The summed E-state index contributed by atoms with van der Waals surface area (Å²) in [4.78, 5) is 5.32. The van der Waals surface area contributed by atoms with E-state index in [2.05, 4.69) is 4.98 Å². The highest BCUT2D eigenvalue weighted by Crippen LogP contribution is 2.39. The summed E-state index contributed by atoms with van der Waals surface area (Å²) in [6.07, 6.45) is 0. The Bertz CT molecular complexity index is 966. The monoisotopic (exact) mass is 415 g/mol. The molecule has 0 aliphatic rings. The van der Waals surface area contributed by atoms with Gasteiger partial charge in [-0.05, 0) is 43.3 Å². The molecule has 3 rings (SSSR count). The van der Waals surface area contributed by atoms with Crippen molar-refractivity contribution in [3.05, 3.63) is 63.5 Å². The molecule has 0 saturated carbocycles. The van der Waals surface area contributed by atoms with Crippen LogP contribution in [0.4, 0.5) is 0 Å². The minimum atomic E-state index is -3.73. The van der Waals surface area contributed by atoms with Crippen LogP contribution in [0.2, 0.25) is 9.36 Å². The predicted octanol–water partition coefficient (Wildman–Crippen LogP) is 5.74. The van der Waals surface area contributed by atoms with Crippen molar-refractivity contribution in [3.63, 3.8) is 0 Å². The molecule has 1 aromatic heterocycles. The molecule has 0 saturated heterocycles. The lowest BCUT2D eigenvalue weighted by molar-refractivity contribution is 0.592. The van der Waals surface area contributed by atoms with Gasteiger partial charge in [0.05, 0.1) is 4.90 Å². The second-order valence-electron chi connectivity index (χ2n) is 4.93. The van der Waals surface area contributed by atoms with Crippen LogP contribution in [0.25, 0.3) is 0 Å². The van der Waals surface area contributed by atoms with E-state index in [0.717, 1.165) is 21.8 Å². The minimum Gasteiger partial charge on any atom is -0.217 e. The molecule has 0 unspecified atom stereocenters. The van der Waals surface area contributed by atoms with E-state index in [1.54, 1.807) is 36.4 Å². The van der Waals surface area contributed by atoms with E-state index < -0.39 is 9.84 Å². The van der Waals surface area contributed by atoms with Crippen molar-refractivity contribution >= 4 is 56.1 Å². The quantitative estimate of drug-likeness (QED) is 0.544. The van der Waals surface area contributed by atoms with E-state index in [1.165, 1.54) is 11.8 Å². The zero-order valence-corrected chi connectivity index (χ0v) is 16.3. The third-order valence-electron chi connectivity index (χ3n) is 3.14. The summed E-state index contributed by atoms with van der Waals surface area (Å²) in [5.41, 5.74) is 0.984. The van der Waals surface area contributed by atoms with Gasteiger partial charge in [0, 0.05) is 9.92 Å². The topological polar surface area (TPSA) is 47.0 Å². The first-order valence-corrected chi connectivity index (χ1v) is 10.6. The summed E-state index contributed by atoms with van der Waals surface area (Å²) in [6.45, 7) is 1.90. The van der Waals surface area contributed by atoms with Crippen LogP contribution in [-0.4, -0.2) is 13.4 Å². The van der Waals surface area contributed by atoms with Gasteiger partial charge >= 0.3 is 0 Å². The van der Waals surface area contributed by atoms with Crippen molar-refractivity contribution in [2.45, 2.75) is 26.1 Å². The van der Waals surface area contributed by atoms with Gasteiger partial charge in [0.2, 0.25) is 9.84 Å². The van der Waals surface area contributed by atoms with Crippen molar-refractivity contribution in [2.24, 2.45) is 0 Å². The molecule has 3 nitrogen and oxygen atoms in total. The highest BCUT2D eigenvalue weighted by Gasteiger charge is 2.25. The molecule has 0 spiro atoms. The van der Waals surface area contributed by atoms with Gasteiger partial charge in [0.15, 0.2) is 9.37 Å². The molecule has 124 valence electrons.